The van der Waals surface area contributed by atoms with Gasteiger partial charge in [-0.1, -0.05) is 35.9 Å². The number of hydrogen-bond donors (Lipinski definition) is 3. The minimum Gasteiger partial charge on any atom is -0.504 e. The Bertz CT molecular complexity index is 5150. The largest absolute Gasteiger partial charge is 0.504 e. The molecule has 2 fully saturated rings. The van der Waals surface area contributed by atoms with Crippen molar-refractivity contribution in [3.05, 3.63) is 135 Å². The highest BCUT2D eigenvalue weighted by atomic mass is 35.5. The van der Waals surface area contributed by atoms with Crippen LogP contribution in [-0.2, 0) is 31.0 Å². The predicted molar refractivity (Wildman–Crippen MR) is 432 cm³/mol. The van der Waals surface area contributed by atoms with Crippen molar-refractivity contribution < 1.29 is 85.1 Å². The summed E-state index contributed by atoms with van der Waals surface area (Å²) in [5.41, 5.74) is 10.6. The number of oxazole rings is 5. The molecule has 10 aromatic rings. The van der Waals surface area contributed by atoms with Crippen LogP contribution in [0.5, 0.6) is 23.0 Å². The number of aromatic hydroxyl groups is 3. The number of hydrogen-bond acceptors (Lipinski definition) is 23. The number of amides is 4. The van der Waals surface area contributed by atoms with Gasteiger partial charge in [-0.3, -0.25) is 24.4 Å². The number of ether oxygens (including phenoxy) is 5. The van der Waals surface area contributed by atoms with Gasteiger partial charge in [-0.25, -0.2) is 44.1 Å². The van der Waals surface area contributed by atoms with Crippen molar-refractivity contribution in [2.24, 2.45) is 5.92 Å². The van der Waals surface area contributed by atoms with E-state index in [4.69, 9.17) is 92.2 Å². The second-order valence-electron chi connectivity index (χ2n) is 33.3. The molecule has 7 aliphatic rings. The molecule has 5 aromatic heterocycles. The van der Waals surface area contributed by atoms with Crippen LogP contribution in [0.25, 0.3) is 44.4 Å². The number of alkyl halides is 4. The molecule has 114 heavy (non-hydrogen) atoms. The summed E-state index contributed by atoms with van der Waals surface area (Å²) >= 11 is 24.5. The Labute approximate surface area is 678 Å². The smallest absolute Gasteiger partial charge is 0.414 e. The van der Waals surface area contributed by atoms with E-state index in [1.54, 1.807) is 38.7 Å². The fraction of sp³-hybridized carbons (Fsp3) is 0.470. The lowest BCUT2D eigenvalue weighted by molar-refractivity contribution is 0.0571. The van der Waals surface area contributed by atoms with E-state index >= 15 is 0 Å². The van der Waals surface area contributed by atoms with Gasteiger partial charge in [-0.05, 0) is 120 Å². The van der Waals surface area contributed by atoms with E-state index < -0.39 is 46.8 Å². The molecule has 3 N–H and O–H groups in total. The van der Waals surface area contributed by atoms with Gasteiger partial charge in [0.1, 0.15) is 56.8 Å². The van der Waals surface area contributed by atoms with Crippen molar-refractivity contribution in [3.63, 3.8) is 0 Å². The second kappa shape index (κ2) is 31.0. The van der Waals surface area contributed by atoms with Crippen LogP contribution in [0.1, 0.15) is 200 Å². The summed E-state index contributed by atoms with van der Waals surface area (Å²) in [6.07, 6.45) is 3.43. The van der Waals surface area contributed by atoms with Crippen LogP contribution in [0.3, 0.4) is 0 Å². The second-order valence-corrected chi connectivity index (χ2v) is 34.6. The van der Waals surface area contributed by atoms with Gasteiger partial charge < -0.3 is 61.1 Å². The Morgan fingerprint density at radius 2 is 0.798 bits per heavy atom. The molecule has 6 atom stereocenters. The topological polar surface area (TPSA) is 335 Å². The van der Waals surface area contributed by atoms with Gasteiger partial charge in [0.2, 0.25) is 5.78 Å². The van der Waals surface area contributed by atoms with Crippen LogP contribution in [0, 0.1) is 40.5 Å². The molecule has 3 aliphatic carbocycles. The molecule has 1 spiro atoms. The standard InChI is InChI=1S/C23H25ClN2O4.3C16H19ClN2O4.C12H11NO2/c1-14-25-20-19-16(11-24)12-26(22(27)30-23(2,3)4)17(19)10-18(21(20)29-14)28-13-15-8-6-5-7-9-15;3*1-8-18-13-12-9(6-17)7-19(15(21)23-16(2,3)4)10(12)5-11(20)14(13)22-8;1-6-13-11-10(15-6)9(14)4-7-2-3-8-5-12(7,8)11/h5-10,16H,11-13H2,1-4H3;3*5,9,20H,6-7H2,1-4H3;4,8H,2-3,5H2,1H3/t;2*9-;;/m.10../s1. The Hall–Kier alpha value is -9.96. The van der Waals surface area contributed by atoms with E-state index in [-0.39, 0.29) is 52.1 Å². The monoisotopic (exact) mass is 1640 g/mol. The normalized spacial score (nSPS) is 19.6. The van der Waals surface area contributed by atoms with Crippen molar-refractivity contribution in [2.75, 3.05) is 69.3 Å². The zero-order valence-electron chi connectivity index (χ0n) is 66.6. The molecular formula is C83H93Cl4N9O18. The molecular weight excluding hydrogens is 1550 g/mol. The lowest BCUT2D eigenvalue weighted by Gasteiger charge is -2.25. The predicted octanol–water partition coefficient (Wildman–Crippen LogP) is 19.7. The van der Waals surface area contributed by atoms with Crippen molar-refractivity contribution in [1.82, 2.24) is 24.9 Å². The molecule has 27 nitrogen and oxygen atoms in total. The van der Waals surface area contributed by atoms with E-state index in [1.165, 1.54) is 51.3 Å². The Balaban J connectivity index is 0.000000126. The van der Waals surface area contributed by atoms with Gasteiger partial charge in [0, 0.05) is 160 Å². The van der Waals surface area contributed by atoms with Crippen LogP contribution in [0.15, 0.2) is 88.3 Å². The van der Waals surface area contributed by atoms with Crippen molar-refractivity contribution in [2.45, 2.75) is 195 Å². The van der Waals surface area contributed by atoms with Gasteiger partial charge in [-0.2, -0.15) is 0 Å². The summed E-state index contributed by atoms with van der Waals surface area (Å²) in [7, 11) is 0. The lowest BCUT2D eigenvalue weighted by Crippen LogP contribution is -2.36. The van der Waals surface area contributed by atoms with Gasteiger partial charge in [0.15, 0.2) is 80.5 Å². The summed E-state index contributed by atoms with van der Waals surface area (Å²) in [5, 5.41) is 30.6. The molecule has 0 radical (unpaired) electrons. The molecule has 9 heterocycles. The fourth-order valence-electron chi connectivity index (χ4n) is 15.5. The van der Waals surface area contributed by atoms with Gasteiger partial charge in [0.05, 0.1) is 22.7 Å². The van der Waals surface area contributed by atoms with Crippen LogP contribution in [0.2, 0.25) is 0 Å². The number of phenols is 3. The summed E-state index contributed by atoms with van der Waals surface area (Å²) in [6, 6.07) is 16.2. The van der Waals surface area contributed by atoms with E-state index in [0.29, 0.717) is 164 Å². The maximum atomic E-state index is 12.9. The molecule has 4 unspecified atom stereocenters. The van der Waals surface area contributed by atoms with Crippen molar-refractivity contribution in [1.29, 1.82) is 0 Å². The number of fused-ring (bicyclic) bond motifs is 13. The minimum absolute atomic E-state index is 0.0128. The number of anilines is 4. The fourth-order valence-corrected chi connectivity index (χ4v) is 16.5. The molecule has 4 amide bonds. The maximum Gasteiger partial charge on any atom is 0.414 e. The first-order chi connectivity index (χ1) is 53.6. The number of rotatable bonds is 7. The first-order valence-corrected chi connectivity index (χ1v) is 39.7. The average Bonchev–Trinajstić information content (AvgIpc) is 1.51. The van der Waals surface area contributed by atoms with E-state index in [9.17, 15) is 39.3 Å². The lowest BCUT2D eigenvalue weighted by atomic mass is 9.86. The number of nitrogens with zero attached hydrogens (tertiary/aromatic N) is 9. The van der Waals surface area contributed by atoms with Gasteiger partial charge in [0.25, 0.3) is 0 Å². The molecule has 5 aromatic carbocycles. The number of carbonyl (C=O) groups is 5. The van der Waals surface area contributed by atoms with Crippen LogP contribution in [0.4, 0.5) is 41.9 Å². The Kier molecular flexibility index (Phi) is 22.3. The number of halogens is 4. The van der Waals surface area contributed by atoms with Crippen molar-refractivity contribution in [3.8, 4) is 23.0 Å². The van der Waals surface area contributed by atoms with Crippen LogP contribution < -0.4 is 24.3 Å². The number of benzene rings is 5. The molecule has 0 saturated heterocycles. The molecule has 17 rings (SSSR count). The summed E-state index contributed by atoms with van der Waals surface area (Å²) in [5.74, 6) is 5.14. The number of phenolic OH excluding ortho intramolecular Hbond substituents is 3. The summed E-state index contributed by atoms with van der Waals surface area (Å²) in [4.78, 5) is 90.3. The number of aryl methyl sites for hydroxylation is 5. The first-order valence-electron chi connectivity index (χ1n) is 37.6. The van der Waals surface area contributed by atoms with Crippen LogP contribution >= 0.6 is 46.4 Å². The minimum atomic E-state index is -0.604. The van der Waals surface area contributed by atoms with Crippen LogP contribution in [-0.4, -0.2) is 142 Å². The zero-order valence-corrected chi connectivity index (χ0v) is 69.7. The van der Waals surface area contributed by atoms with E-state index in [2.05, 4.69) is 24.9 Å². The highest BCUT2D eigenvalue weighted by Gasteiger charge is 2.65. The third-order valence-corrected chi connectivity index (χ3v) is 21.5. The molecule has 0 bridgehead atoms. The zero-order chi connectivity index (χ0) is 82.5. The average molecular weight is 1650 g/mol. The number of ketones is 1. The molecule has 2 saturated carbocycles. The van der Waals surface area contributed by atoms with E-state index in [0.717, 1.165) is 45.8 Å². The molecule has 606 valence electrons. The summed E-state index contributed by atoms with van der Waals surface area (Å²) in [6.45, 7) is 32.5. The number of aromatic nitrogens is 5. The highest BCUT2D eigenvalue weighted by molar-refractivity contribution is 6.20. The molecule has 4 aliphatic heterocycles. The third kappa shape index (κ3) is 16.3. The SMILES string of the molecule is Cc1nc2c(o1)C(=O)C=C1CCC3CC123.Cc1nc2c3c(cc(O)c2o1)N(C(=O)OC(C)(C)C)CC3CCl.Cc1nc2c3c(cc(O)c2o1)N(C(=O)OC(C)(C)C)C[C@@H]3CCl.Cc1nc2c3c(cc(O)c2o1)N(C(=O)OC(C)(C)C)C[C@H]3CCl.Cc1nc2c3c(cc(OCc4ccccc4)c2o1)N(C(=O)OC(C)(C)C)CC3CCl. The number of carbonyl (C=O) groups excluding carboxylic acids is 5. The quantitative estimate of drug-likeness (QED) is 0.0985. The van der Waals surface area contributed by atoms with E-state index in [1.807, 2.05) is 126 Å². The Morgan fingerprint density at radius 1 is 0.474 bits per heavy atom. The first kappa shape index (κ1) is 82.0. The molecule has 31 heteroatoms. The number of allylic oxidation sites excluding steroid dienone is 2. The summed E-state index contributed by atoms with van der Waals surface area (Å²) < 4.78 is 55.7. The van der Waals surface area contributed by atoms with Gasteiger partial charge >= 0.3 is 24.4 Å². The third-order valence-electron chi connectivity index (χ3n) is 20.0. The highest BCUT2D eigenvalue weighted by Crippen LogP contribution is 2.68. The van der Waals surface area contributed by atoms with Crippen molar-refractivity contribution >= 4 is 144 Å². The maximum absolute atomic E-state index is 12.9. The van der Waals surface area contributed by atoms with Gasteiger partial charge in [-0.15, -0.1) is 46.4 Å². The Morgan fingerprint density at radius 3 is 1.13 bits per heavy atom.